The van der Waals surface area contributed by atoms with Crippen molar-refractivity contribution in [1.82, 2.24) is 10.3 Å². The van der Waals surface area contributed by atoms with Crippen LogP contribution in [0, 0.1) is 0 Å². The monoisotopic (exact) mass is 360 g/mol. The molecular formula is C22H20N2O3. The Morgan fingerprint density at radius 1 is 1.07 bits per heavy atom. The van der Waals surface area contributed by atoms with Crippen LogP contribution in [0.3, 0.4) is 0 Å². The van der Waals surface area contributed by atoms with Gasteiger partial charge in [-0.1, -0.05) is 30.3 Å². The molecule has 0 saturated heterocycles. The van der Waals surface area contributed by atoms with Crippen LogP contribution < -0.4 is 14.8 Å². The third-order valence-electron chi connectivity index (χ3n) is 4.40. The van der Waals surface area contributed by atoms with E-state index in [2.05, 4.69) is 10.3 Å². The van der Waals surface area contributed by atoms with Gasteiger partial charge >= 0.3 is 0 Å². The normalized spacial score (nSPS) is 13.0. The van der Waals surface area contributed by atoms with Crippen LogP contribution in [0.1, 0.15) is 11.1 Å². The average molecular weight is 360 g/mol. The van der Waals surface area contributed by atoms with Crippen molar-refractivity contribution in [3.63, 3.8) is 0 Å². The second kappa shape index (κ2) is 7.91. The molecule has 0 atom stereocenters. The van der Waals surface area contributed by atoms with Crippen molar-refractivity contribution in [2.24, 2.45) is 0 Å². The minimum Gasteiger partial charge on any atom is -0.486 e. The van der Waals surface area contributed by atoms with E-state index in [1.807, 2.05) is 48.5 Å². The molecule has 0 aliphatic carbocycles. The maximum absolute atomic E-state index is 12.1. The Balaban J connectivity index is 1.34. The SMILES string of the molecule is O=C(/C=C/c1cccc2cccnc12)NCCc1ccc2c(c1)OCCO2. The molecule has 5 nitrogen and oxygen atoms in total. The summed E-state index contributed by atoms with van der Waals surface area (Å²) in [5.41, 5.74) is 2.91. The van der Waals surface area contributed by atoms with E-state index in [1.165, 1.54) is 0 Å². The second-order valence-corrected chi connectivity index (χ2v) is 6.27. The highest BCUT2D eigenvalue weighted by atomic mass is 16.6. The summed E-state index contributed by atoms with van der Waals surface area (Å²) in [5.74, 6) is 1.43. The number of hydrogen-bond acceptors (Lipinski definition) is 4. The van der Waals surface area contributed by atoms with E-state index in [4.69, 9.17) is 9.47 Å². The van der Waals surface area contributed by atoms with Gasteiger partial charge in [0, 0.05) is 29.8 Å². The lowest BCUT2D eigenvalue weighted by Crippen LogP contribution is -2.23. The van der Waals surface area contributed by atoms with Crippen molar-refractivity contribution in [3.8, 4) is 11.5 Å². The van der Waals surface area contributed by atoms with Gasteiger partial charge in [-0.2, -0.15) is 0 Å². The van der Waals surface area contributed by atoms with Gasteiger partial charge in [0.25, 0.3) is 0 Å². The number of carbonyl (C=O) groups excluding carboxylic acids is 1. The van der Waals surface area contributed by atoms with Gasteiger partial charge in [-0.05, 0) is 36.3 Å². The van der Waals surface area contributed by atoms with Crippen LogP contribution in [-0.2, 0) is 11.2 Å². The quantitative estimate of drug-likeness (QED) is 0.709. The summed E-state index contributed by atoms with van der Waals surface area (Å²) in [7, 11) is 0. The van der Waals surface area contributed by atoms with E-state index in [0.29, 0.717) is 19.8 Å². The Hall–Kier alpha value is -3.34. The number of fused-ring (bicyclic) bond motifs is 2. The highest BCUT2D eigenvalue weighted by molar-refractivity contribution is 5.95. The van der Waals surface area contributed by atoms with Gasteiger partial charge in [-0.15, -0.1) is 0 Å². The number of aromatic nitrogens is 1. The Bertz CT molecular complexity index is 993. The first-order valence-electron chi connectivity index (χ1n) is 8.98. The molecule has 4 rings (SSSR count). The summed E-state index contributed by atoms with van der Waals surface area (Å²) in [4.78, 5) is 16.5. The molecule has 0 fully saturated rings. The first-order chi connectivity index (χ1) is 13.3. The van der Waals surface area contributed by atoms with Gasteiger partial charge in [0.2, 0.25) is 5.91 Å². The number of nitrogens with zero attached hydrogens (tertiary/aromatic N) is 1. The van der Waals surface area contributed by atoms with Gasteiger partial charge in [-0.25, -0.2) is 0 Å². The smallest absolute Gasteiger partial charge is 0.244 e. The molecule has 27 heavy (non-hydrogen) atoms. The summed E-state index contributed by atoms with van der Waals surface area (Å²) in [6.45, 7) is 1.71. The lowest BCUT2D eigenvalue weighted by molar-refractivity contribution is -0.116. The Morgan fingerprint density at radius 2 is 1.93 bits per heavy atom. The number of para-hydroxylation sites is 1. The third kappa shape index (κ3) is 4.08. The highest BCUT2D eigenvalue weighted by Crippen LogP contribution is 2.30. The molecule has 1 aromatic heterocycles. The molecule has 0 saturated carbocycles. The number of carbonyl (C=O) groups is 1. The summed E-state index contributed by atoms with van der Waals surface area (Å²) in [6.07, 6.45) is 5.83. The zero-order valence-electron chi connectivity index (χ0n) is 14.9. The van der Waals surface area contributed by atoms with E-state index >= 15 is 0 Å². The first kappa shape index (κ1) is 17.1. The number of benzene rings is 2. The number of nitrogens with one attached hydrogen (secondary N) is 1. The molecule has 5 heteroatoms. The van der Waals surface area contributed by atoms with Crippen molar-refractivity contribution in [2.75, 3.05) is 19.8 Å². The fraction of sp³-hybridized carbons (Fsp3) is 0.182. The topological polar surface area (TPSA) is 60.5 Å². The van der Waals surface area contributed by atoms with Crippen LogP contribution in [0.15, 0.2) is 60.8 Å². The molecule has 0 spiro atoms. The second-order valence-electron chi connectivity index (χ2n) is 6.27. The Kier molecular flexibility index (Phi) is 5.01. The van der Waals surface area contributed by atoms with Crippen LogP contribution in [0.2, 0.25) is 0 Å². The van der Waals surface area contributed by atoms with Crippen LogP contribution in [0.4, 0.5) is 0 Å². The molecule has 136 valence electrons. The van der Waals surface area contributed by atoms with Gasteiger partial charge in [0.05, 0.1) is 5.52 Å². The average Bonchev–Trinajstić information content (AvgIpc) is 2.72. The van der Waals surface area contributed by atoms with Gasteiger partial charge in [0.15, 0.2) is 11.5 Å². The molecule has 1 amide bonds. The standard InChI is InChI=1S/C22H20N2O3/c25-21(9-7-18-4-1-3-17-5-2-11-24-22(17)18)23-12-10-16-6-8-19-20(15-16)27-14-13-26-19/h1-9,11,15H,10,12-14H2,(H,23,25)/b9-7+. The Labute approximate surface area is 157 Å². The Morgan fingerprint density at radius 3 is 2.85 bits per heavy atom. The lowest BCUT2D eigenvalue weighted by atomic mass is 10.1. The predicted molar refractivity (Wildman–Crippen MR) is 105 cm³/mol. The van der Waals surface area contributed by atoms with Crippen LogP contribution in [0.5, 0.6) is 11.5 Å². The molecule has 1 aliphatic rings. The van der Waals surface area contributed by atoms with Crippen LogP contribution >= 0.6 is 0 Å². The predicted octanol–water partition coefficient (Wildman–Crippen LogP) is 3.38. The largest absolute Gasteiger partial charge is 0.486 e. The minimum atomic E-state index is -0.125. The van der Waals surface area contributed by atoms with E-state index in [-0.39, 0.29) is 5.91 Å². The van der Waals surface area contributed by atoms with E-state index < -0.39 is 0 Å². The van der Waals surface area contributed by atoms with Gasteiger partial charge < -0.3 is 14.8 Å². The maximum atomic E-state index is 12.1. The number of ether oxygens (including phenoxy) is 2. The molecule has 2 aromatic carbocycles. The lowest BCUT2D eigenvalue weighted by Gasteiger charge is -2.18. The summed E-state index contributed by atoms with van der Waals surface area (Å²) in [5, 5.41) is 3.97. The van der Waals surface area contributed by atoms with Crippen molar-refractivity contribution in [1.29, 1.82) is 0 Å². The fourth-order valence-corrected chi connectivity index (χ4v) is 3.06. The zero-order valence-corrected chi connectivity index (χ0v) is 14.9. The van der Waals surface area contributed by atoms with Crippen molar-refractivity contribution in [3.05, 3.63) is 71.9 Å². The van der Waals surface area contributed by atoms with E-state index in [1.54, 1.807) is 18.3 Å². The van der Waals surface area contributed by atoms with Crippen LogP contribution in [0.25, 0.3) is 17.0 Å². The molecule has 0 bridgehead atoms. The highest BCUT2D eigenvalue weighted by Gasteiger charge is 2.11. The molecule has 1 aliphatic heterocycles. The zero-order chi connectivity index (χ0) is 18.5. The minimum absolute atomic E-state index is 0.125. The first-order valence-corrected chi connectivity index (χ1v) is 8.98. The van der Waals surface area contributed by atoms with E-state index in [9.17, 15) is 4.79 Å². The van der Waals surface area contributed by atoms with Gasteiger partial charge in [0.1, 0.15) is 13.2 Å². The molecule has 1 N–H and O–H groups in total. The molecule has 3 aromatic rings. The molecular weight excluding hydrogens is 340 g/mol. The van der Waals surface area contributed by atoms with Gasteiger partial charge in [-0.3, -0.25) is 9.78 Å². The van der Waals surface area contributed by atoms with Crippen molar-refractivity contribution in [2.45, 2.75) is 6.42 Å². The number of amides is 1. The van der Waals surface area contributed by atoms with E-state index in [0.717, 1.165) is 39.9 Å². The van der Waals surface area contributed by atoms with Crippen LogP contribution in [-0.4, -0.2) is 30.6 Å². The molecule has 2 heterocycles. The number of rotatable bonds is 5. The maximum Gasteiger partial charge on any atom is 0.244 e. The summed E-state index contributed by atoms with van der Waals surface area (Å²) < 4.78 is 11.1. The number of hydrogen-bond donors (Lipinski definition) is 1. The summed E-state index contributed by atoms with van der Waals surface area (Å²) in [6, 6.07) is 15.7. The molecule has 0 radical (unpaired) electrons. The van der Waals surface area contributed by atoms with Crippen molar-refractivity contribution < 1.29 is 14.3 Å². The molecule has 0 unspecified atom stereocenters. The fourth-order valence-electron chi connectivity index (χ4n) is 3.06. The van der Waals surface area contributed by atoms with Crippen molar-refractivity contribution >= 4 is 22.9 Å². The number of pyridine rings is 1. The summed E-state index contributed by atoms with van der Waals surface area (Å²) >= 11 is 0. The third-order valence-corrected chi connectivity index (χ3v) is 4.40.